The van der Waals surface area contributed by atoms with Gasteiger partial charge in [0, 0.05) is 25.8 Å². The summed E-state index contributed by atoms with van der Waals surface area (Å²) in [6.07, 6.45) is 1.82. The van der Waals surface area contributed by atoms with E-state index in [1.54, 1.807) is 0 Å². The van der Waals surface area contributed by atoms with Gasteiger partial charge in [-0.25, -0.2) is 0 Å². The number of aryl methyl sites for hydroxylation is 1. The van der Waals surface area contributed by atoms with Crippen LogP contribution in [0.3, 0.4) is 0 Å². The van der Waals surface area contributed by atoms with Crippen LogP contribution in [-0.4, -0.2) is 15.8 Å². The van der Waals surface area contributed by atoms with Crippen molar-refractivity contribution >= 4 is 0 Å². The number of nitrogens with zero attached hydrogens (tertiary/aromatic N) is 2. The zero-order chi connectivity index (χ0) is 8.27. The fourth-order valence-electron chi connectivity index (χ4n) is 0.883. The van der Waals surface area contributed by atoms with Crippen molar-refractivity contribution in [2.45, 2.75) is 26.4 Å². The lowest BCUT2D eigenvalue weighted by molar-refractivity contribution is 0.560. The molecule has 62 valence electrons. The van der Waals surface area contributed by atoms with Gasteiger partial charge in [0.05, 0.1) is 5.69 Å². The normalized spacial score (nSPS) is 10.9. The minimum Gasteiger partial charge on any atom is -0.309 e. The minimum atomic E-state index is 0.532. The first-order valence-corrected chi connectivity index (χ1v) is 3.90. The third kappa shape index (κ3) is 2.35. The fourth-order valence-corrected chi connectivity index (χ4v) is 0.883. The van der Waals surface area contributed by atoms with Gasteiger partial charge in [-0.05, 0) is 6.07 Å². The van der Waals surface area contributed by atoms with E-state index in [4.69, 9.17) is 0 Å². The summed E-state index contributed by atoms with van der Waals surface area (Å²) in [4.78, 5) is 0. The van der Waals surface area contributed by atoms with Crippen molar-refractivity contribution < 1.29 is 0 Å². The zero-order valence-corrected chi connectivity index (χ0v) is 7.33. The summed E-state index contributed by atoms with van der Waals surface area (Å²) in [6.45, 7) is 5.17. The molecule has 3 nitrogen and oxygen atoms in total. The second-order valence-corrected chi connectivity index (χ2v) is 2.98. The maximum Gasteiger partial charge on any atom is 0.0518 e. The van der Waals surface area contributed by atoms with Crippen molar-refractivity contribution in [2.24, 2.45) is 7.05 Å². The van der Waals surface area contributed by atoms with Crippen LogP contribution in [0.15, 0.2) is 12.3 Å². The van der Waals surface area contributed by atoms with E-state index in [0.29, 0.717) is 6.04 Å². The van der Waals surface area contributed by atoms with Crippen LogP contribution in [0.5, 0.6) is 0 Å². The van der Waals surface area contributed by atoms with Gasteiger partial charge >= 0.3 is 0 Å². The number of rotatable bonds is 3. The Bertz CT molecular complexity index is 215. The van der Waals surface area contributed by atoms with Crippen LogP contribution in [0.1, 0.15) is 19.5 Å². The van der Waals surface area contributed by atoms with Gasteiger partial charge in [0.15, 0.2) is 0 Å². The summed E-state index contributed by atoms with van der Waals surface area (Å²) in [5.41, 5.74) is 1.22. The number of hydrogen-bond donors (Lipinski definition) is 1. The molecular weight excluding hydrogens is 138 g/mol. The topological polar surface area (TPSA) is 29.9 Å². The molecule has 1 aromatic rings. The number of nitrogens with one attached hydrogen (secondary N) is 1. The molecule has 1 heterocycles. The van der Waals surface area contributed by atoms with Gasteiger partial charge in [-0.15, -0.1) is 0 Å². The SMILES string of the molecule is CC(C)NCc1ccnn1C. The number of hydrogen-bond acceptors (Lipinski definition) is 2. The van der Waals surface area contributed by atoms with Gasteiger partial charge in [0.2, 0.25) is 0 Å². The summed E-state index contributed by atoms with van der Waals surface area (Å²) in [6, 6.07) is 2.56. The Kier molecular flexibility index (Phi) is 2.65. The molecule has 0 radical (unpaired) electrons. The Morgan fingerprint density at radius 3 is 2.82 bits per heavy atom. The van der Waals surface area contributed by atoms with Crippen LogP contribution in [0.4, 0.5) is 0 Å². The highest BCUT2D eigenvalue weighted by molar-refractivity contribution is 4.99. The van der Waals surface area contributed by atoms with Crippen molar-refractivity contribution in [2.75, 3.05) is 0 Å². The minimum absolute atomic E-state index is 0.532. The largest absolute Gasteiger partial charge is 0.309 e. The summed E-state index contributed by atoms with van der Waals surface area (Å²) >= 11 is 0. The average Bonchev–Trinajstić information content (AvgIpc) is 2.31. The molecule has 0 spiro atoms. The monoisotopic (exact) mass is 153 g/mol. The van der Waals surface area contributed by atoms with Crippen molar-refractivity contribution in [1.29, 1.82) is 0 Å². The van der Waals surface area contributed by atoms with Crippen molar-refractivity contribution in [3.63, 3.8) is 0 Å². The molecule has 0 aromatic carbocycles. The van der Waals surface area contributed by atoms with Gasteiger partial charge < -0.3 is 5.32 Å². The molecule has 0 unspecified atom stereocenters. The van der Waals surface area contributed by atoms with Crippen LogP contribution < -0.4 is 5.32 Å². The maximum absolute atomic E-state index is 4.07. The van der Waals surface area contributed by atoms with Gasteiger partial charge in [-0.1, -0.05) is 13.8 Å². The lowest BCUT2D eigenvalue weighted by atomic mass is 10.3. The highest BCUT2D eigenvalue weighted by Gasteiger charge is 1.97. The second kappa shape index (κ2) is 3.53. The Hall–Kier alpha value is -0.830. The molecule has 0 amide bonds. The molecule has 11 heavy (non-hydrogen) atoms. The van der Waals surface area contributed by atoms with E-state index in [-0.39, 0.29) is 0 Å². The summed E-state index contributed by atoms with van der Waals surface area (Å²) in [5, 5.41) is 7.40. The maximum atomic E-state index is 4.07. The van der Waals surface area contributed by atoms with E-state index in [1.165, 1.54) is 5.69 Å². The van der Waals surface area contributed by atoms with Gasteiger partial charge in [-0.3, -0.25) is 4.68 Å². The van der Waals surface area contributed by atoms with Crippen LogP contribution >= 0.6 is 0 Å². The summed E-state index contributed by atoms with van der Waals surface area (Å²) in [5.74, 6) is 0. The molecule has 0 aliphatic carbocycles. The van der Waals surface area contributed by atoms with Crippen molar-refractivity contribution in [3.05, 3.63) is 18.0 Å². The second-order valence-electron chi connectivity index (χ2n) is 2.98. The Labute approximate surface area is 67.4 Å². The predicted molar refractivity (Wildman–Crippen MR) is 45.2 cm³/mol. The van der Waals surface area contributed by atoms with E-state index < -0.39 is 0 Å². The lowest BCUT2D eigenvalue weighted by Crippen LogP contribution is -2.23. The molecular formula is C8H15N3. The smallest absolute Gasteiger partial charge is 0.0518 e. The summed E-state index contributed by atoms with van der Waals surface area (Å²) in [7, 11) is 1.96. The molecule has 0 aliphatic rings. The molecule has 1 aromatic heterocycles. The molecule has 0 fully saturated rings. The first-order valence-electron chi connectivity index (χ1n) is 3.90. The van der Waals surface area contributed by atoms with E-state index in [9.17, 15) is 0 Å². The van der Waals surface area contributed by atoms with Gasteiger partial charge in [-0.2, -0.15) is 5.10 Å². The van der Waals surface area contributed by atoms with E-state index in [1.807, 2.05) is 24.0 Å². The lowest BCUT2D eigenvalue weighted by Gasteiger charge is -2.07. The highest BCUT2D eigenvalue weighted by atomic mass is 15.3. The molecule has 0 saturated heterocycles. The Morgan fingerprint density at radius 1 is 1.64 bits per heavy atom. The molecule has 1 N–H and O–H groups in total. The Morgan fingerprint density at radius 2 is 2.36 bits per heavy atom. The van der Waals surface area contributed by atoms with Crippen LogP contribution in [0.2, 0.25) is 0 Å². The standard InChI is InChI=1S/C8H15N3/c1-7(2)9-6-8-4-5-10-11(8)3/h4-5,7,9H,6H2,1-3H3. The van der Waals surface area contributed by atoms with E-state index in [2.05, 4.69) is 24.3 Å². The van der Waals surface area contributed by atoms with Crippen LogP contribution in [0.25, 0.3) is 0 Å². The molecule has 3 heteroatoms. The van der Waals surface area contributed by atoms with Crippen molar-refractivity contribution in [1.82, 2.24) is 15.1 Å². The molecule has 0 aliphatic heterocycles. The summed E-state index contributed by atoms with van der Waals surface area (Å²) < 4.78 is 1.88. The third-order valence-corrected chi connectivity index (χ3v) is 1.61. The van der Waals surface area contributed by atoms with E-state index in [0.717, 1.165) is 6.54 Å². The first-order chi connectivity index (χ1) is 5.20. The quantitative estimate of drug-likeness (QED) is 0.699. The van der Waals surface area contributed by atoms with Gasteiger partial charge in [0.1, 0.15) is 0 Å². The predicted octanol–water partition coefficient (Wildman–Crippen LogP) is 0.918. The average molecular weight is 153 g/mol. The zero-order valence-electron chi connectivity index (χ0n) is 7.33. The Balaban J connectivity index is 2.44. The van der Waals surface area contributed by atoms with E-state index >= 15 is 0 Å². The van der Waals surface area contributed by atoms with Crippen LogP contribution in [-0.2, 0) is 13.6 Å². The molecule has 0 saturated carbocycles. The number of aromatic nitrogens is 2. The molecule has 0 bridgehead atoms. The van der Waals surface area contributed by atoms with Crippen molar-refractivity contribution in [3.8, 4) is 0 Å². The van der Waals surface area contributed by atoms with Gasteiger partial charge in [0.25, 0.3) is 0 Å². The third-order valence-electron chi connectivity index (χ3n) is 1.61. The highest BCUT2D eigenvalue weighted by Crippen LogP contribution is 1.95. The fraction of sp³-hybridized carbons (Fsp3) is 0.625. The first kappa shape index (κ1) is 8.27. The van der Waals surface area contributed by atoms with Crippen LogP contribution in [0, 0.1) is 0 Å². The molecule has 0 atom stereocenters. The molecule has 1 rings (SSSR count).